The first-order valence-electron chi connectivity index (χ1n) is 9.17. The molecule has 2 heterocycles. The smallest absolute Gasteiger partial charge is 0.129 e. The zero-order valence-electron chi connectivity index (χ0n) is 15.3. The summed E-state index contributed by atoms with van der Waals surface area (Å²) < 4.78 is 5.31. The number of aromatic nitrogens is 1. The molecule has 1 fully saturated rings. The molecule has 0 spiro atoms. The lowest BCUT2D eigenvalue weighted by Gasteiger charge is -2.17. The van der Waals surface area contributed by atoms with Crippen LogP contribution in [0, 0.1) is 6.92 Å². The monoisotopic (exact) mass is 367 g/mol. The first-order chi connectivity index (χ1) is 12.7. The molecule has 136 valence electrons. The molecular weight excluding hydrogens is 342 g/mol. The zero-order chi connectivity index (χ0) is 17.9. The number of hydrogen-bond donors (Lipinski definition) is 2. The van der Waals surface area contributed by atoms with E-state index >= 15 is 0 Å². The third-order valence-corrected chi connectivity index (χ3v) is 5.89. The number of benzene rings is 1. The Morgan fingerprint density at radius 2 is 2.08 bits per heavy atom. The van der Waals surface area contributed by atoms with Crippen LogP contribution in [0.4, 0.5) is 5.82 Å². The molecule has 4 rings (SSSR count). The quantitative estimate of drug-likeness (QED) is 0.661. The Balaban J connectivity index is 1.40. The van der Waals surface area contributed by atoms with E-state index in [1.54, 1.807) is 18.4 Å². The van der Waals surface area contributed by atoms with Gasteiger partial charge in [0.1, 0.15) is 11.6 Å². The lowest BCUT2D eigenvalue weighted by molar-refractivity contribution is 0.415. The summed E-state index contributed by atoms with van der Waals surface area (Å²) in [6.45, 7) is 3.09. The average Bonchev–Trinajstić information content (AvgIpc) is 3.32. The van der Waals surface area contributed by atoms with Crippen LogP contribution in [0.3, 0.4) is 0 Å². The molecule has 26 heavy (non-hydrogen) atoms. The predicted octanol–water partition coefficient (Wildman–Crippen LogP) is 4.74. The van der Waals surface area contributed by atoms with Crippen molar-refractivity contribution >= 4 is 28.1 Å². The van der Waals surface area contributed by atoms with Crippen LogP contribution in [0.1, 0.15) is 30.4 Å². The van der Waals surface area contributed by atoms with Gasteiger partial charge in [-0.3, -0.25) is 0 Å². The van der Waals surface area contributed by atoms with Crippen molar-refractivity contribution in [1.82, 2.24) is 10.3 Å². The minimum Gasteiger partial charge on any atom is -0.497 e. The van der Waals surface area contributed by atoms with E-state index in [0.29, 0.717) is 12.1 Å². The van der Waals surface area contributed by atoms with Gasteiger partial charge in [0.15, 0.2) is 0 Å². The van der Waals surface area contributed by atoms with Crippen molar-refractivity contribution in [3.8, 4) is 5.75 Å². The summed E-state index contributed by atoms with van der Waals surface area (Å²) in [5, 5.41) is 12.8. The largest absolute Gasteiger partial charge is 0.497 e. The van der Waals surface area contributed by atoms with Gasteiger partial charge < -0.3 is 15.4 Å². The zero-order valence-corrected chi connectivity index (χ0v) is 16.1. The maximum absolute atomic E-state index is 5.31. The van der Waals surface area contributed by atoms with Gasteiger partial charge >= 0.3 is 0 Å². The van der Waals surface area contributed by atoms with Gasteiger partial charge in [0, 0.05) is 24.0 Å². The Labute approximate surface area is 158 Å². The van der Waals surface area contributed by atoms with Crippen LogP contribution in [-0.4, -0.2) is 24.2 Å². The molecule has 1 aromatic carbocycles. The van der Waals surface area contributed by atoms with Crippen molar-refractivity contribution in [2.45, 2.75) is 44.8 Å². The van der Waals surface area contributed by atoms with Gasteiger partial charge in [-0.2, -0.15) is 11.3 Å². The van der Waals surface area contributed by atoms with Crippen molar-refractivity contribution in [1.29, 1.82) is 0 Å². The van der Waals surface area contributed by atoms with E-state index in [0.717, 1.165) is 35.4 Å². The average molecular weight is 368 g/mol. The third kappa shape index (κ3) is 3.84. The molecule has 3 aromatic rings. The molecule has 0 saturated heterocycles. The Hall–Kier alpha value is -2.11. The first-order valence-corrected chi connectivity index (χ1v) is 10.1. The van der Waals surface area contributed by atoms with Crippen molar-refractivity contribution in [2.24, 2.45) is 0 Å². The summed E-state index contributed by atoms with van der Waals surface area (Å²) >= 11 is 1.76. The number of anilines is 1. The number of hydrogen-bond acceptors (Lipinski definition) is 5. The Kier molecular flexibility index (Phi) is 5.09. The maximum atomic E-state index is 5.31. The van der Waals surface area contributed by atoms with E-state index in [-0.39, 0.29) is 0 Å². The van der Waals surface area contributed by atoms with Crippen LogP contribution >= 0.6 is 11.3 Å². The van der Waals surface area contributed by atoms with Gasteiger partial charge in [-0.25, -0.2) is 4.98 Å². The highest BCUT2D eigenvalue weighted by Gasteiger charge is 2.25. The van der Waals surface area contributed by atoms with Gasteiger partial charge in [-0.05, 0) is 78.4 Å². The minimum absolute atomic E-state index is 0.483. The van der Waals surface area contributed by atoms with Crippen LogP contribution < -0.4 is 15.4 Å². The number of thiophene rings is 1. The molecule has 0 aliphatic heterocycles. The highest BCUT2D eigenvalue weighted by Crippen LogP contribution is 2.27. The lowest BCUT2D eigenvalue weighted by Crippen LogP contribution is -2.27. The van der Waals surface area contributed by atoms with Crippen LogP contribution in [0.5, 0.6) is 5.75 Å². The van der Waals surface area contributed by atoms with Gasteiger partial charge in [0.2, 0.25) is 0 Å². The third-order valence-electron chi connectivity index (χ3n) is 5.16. The van der Waals surface area contributed by atoms with Crippen LogP contribution in [-0.2, 0) is 6.54 Å². The number of rotatable bonds is 6. The summed E-state index contributed by atoms with van der Waals surface area (Å²) in [6, 6.07) is 11.5. The van der Waals surface area contributed by atoms with Gasteiger partial charge in [-0.15, -0.1) is 0 Å². The fourth-order valence-corrected chi connectivity index (χ4v) is 4.35. The summed E-state index contributed by atoms with van der Waals surface area (Å²) in [4.78, 5) is 4.84. The van der Waals surface area contributed by atoms with E-state index < -0.39 is 0 Å². The second-order valence-electron chi connectivity index (χ2n) is 7.08. The van der Waals surface area contributed by atoms with Crippen molar-refractivity contribution in [3.63, 3.8) is 0 Å². The normalized spacial score (nSPS) is 19.8. The number of pyridine rings is 1. The summed E-state index contributed by atoms with van der Waals surface area (Å²) in [5.74, 6) is 1.88. The van der Waals surface area contributed by atoms with E-state index in [9.17, 15) is 0 Å². The number of nitrogens with zero attached hydrogens (tertiary/aromatic N) is 1. The Bertz CT molecular complexity index is 878. The molecule has 2 N–H and O–H groups in total. The molecule has 0 unspecified atom stereocenters. The summed E-state index contributed by atoms with van der Waals surface area (Å²) in [6.07, 6.45) is 3.54. The second kappa shape index (κ2) is 7.64. The van der Waals surface area contributed by atoms with E-state index in [2.05, 4.69) is 40.5 Å². The number of ether oxygens (including phenoxy) is 1. The fraction of sp³-hybridized carbons (Fsp3) is 0.381. The molecular formula is C21H25N3OS. The highest BCUT2D eigenvalue weighted by molar-refractivity contribution is 7.07. The second-order valence-corrected chi connectivity index (χ2v) is 7.86. The minimum atomic E-state index is 0.483. The number of methoxy groups -OCH3 is 1. The van der Waals surface area contributed by atoms with Gasteiger partial charge in [0.05, 0.1) is 12.6 Å². The molecule has 1 aliphatic rings. The van der Waals surface area contributed by atoms with Crippen LogP contribution in [0.15, 0.2) is 41.1 Å². The fourth-order valence-electron chi connectivity index (χ4n) is 3.68. The highest BCUT2D eigenvalue weighted by atomic mass is 32.1. The summed E-state index contributed by atoms with van der Waals surface area (Å²) in [7, 11) is 1.69. The standard InChI is InChI=1S/C21H25N3OS/c1-14-9-16-10-19(25-2)5-6-20(16)24-21(14)23-18-4-3-17(11-18)22-12-15-7-8-26-13-15/h5-10,13,17-18,22H,3-4,11-12H2,1-2H3,(H,23,24)/t17-,18-/m0/s1. The molecule has 4 nitrogen and oxygen atoms in total. The first kappa shape index (κ1) is 17.3. The Morgan fingerprint density at radius 1 is 1.19 bits per heavy atom. The summed E-state index contributed by atoms with van der Waals surface area (Å²) in [5.41, 5.74) is 3.57. The number of nitrogens with one attached hydrogen (secondary N) is 2. The number of aryl methyl sites for hydroxylation is 1. The van der Waals surface area contributed by atoms with E-state index in [1.165, 1.54) is 24.0 Å². The lowest BCUT2D eigenvalue weighted by atomic mass is 10.1. The molecule has 2 aromatic heterocycles. The van der Waals surface area contributed by atoms with Crippen LogP contribution in [0.25, 0.3) is 10.9 Å². The van der Waals surface area contributed by atoms with Crippen molar-refractivity contribution < 1.29 is 4.74 Å². The predicted molar refractivity (Wildman–Crippen MR) is 109 cm³/mol. The molecule has 1 aliphatic carbocycles. The number of fused-ring (bicyclic) bond motifs is 1. The Morgan fingerprint density at radius 3 is 2.88 bits per heavy atom. The molecule has 2 atom stereocenters. The molecule has 0 radical (unpaired) electrons. The molecule has 0 amide bonds. The molecule has 0 bridgehead atoms. The van der Waals surface area contributed by atoms with Crippen molar-refractivity contribution in [2.75, 3.05) is 12.4 Å². The topological polar surface area (TPSA) is 46.2 Å². The van der Waals surface area contributed by atoms with Gasteiger partial charge in [0.25, 0.3) is 0 Å². The molecule has 1 saturated carbocycles. The van der Waals surface area contributed by atoms with Gasteiger partial charge in [-0.1, -0.05) is 0 Å². The van der Waals surface area contributed by atoms with Crippen LogP contribution in [0.2, 0.25) is 0 Å². The van der Waals surface area contributed by atoms with E-state index in [4.69, 9.17) is 9.72 Å². The SMILES string of the molecule is COc1ccc2nc(N[C@H]3CC[C@H](NCc4ccsc4)C3)c(C)cc2c1. The van der Waals surface area contributed by atoms with Crippen molar-refractivity contribution in [3.05, 3.63) is 52.2 Å². The molecule has 5 heteroatoms. The van der Waals surface area contributed by atoms with E-state index in [1.807, 2.05) is 18.2 Å². The maximum Gasteiger partial charge on any atom is 0.129 e.